The molecule has 0 atom stereocenters. The van der Waals surface area contributed by atoms with Gasteiger partial charge in [-0.1, -0.05) is 79.7 Å². The van der Waals surface area contributed by atoms with Gasteiger partial charge in [-0.15, -0.1) is 0 Å². The highest BCUT2D eigenvalue weighted by Crippen LogP contribution is 2.42. The van der Waals surface area contributed by atoms with Gasteiger partial charge in [0.1, 0.15) is 0 Å². The summed E-state index contributed by atoms with van der Waals surface area (Å²) in [6, 6.07) is 32.5. The van der Waals surface area contributed by atoms with Gasteiger partial charge >= 0.3 is 0 Å². The number of rotatable bonds is 6. The van der Waals surface area contributed by atoms with E-state index in [-0.39, 0.29) is 0 Å². The first-order chi connectivity index (χ1) is 21.9. The fourth-order valence-corrected chi connectivity index (χ4v) is 7.96. The molecule has 0 aliphatic heterocycles. The van der Waals surface area contributed by atoms with E-state index in [0.717, 1.165) is 20.3 Å². The lowest BCUT2D eigenvalue weighted by atomic mass is 9.98. The second-order valence-electron chi connectivity index (χ2n) is 14.2. The number of halogens is 2. The van der Waals surface area contributed by atoms with Crippen LogP contribution in [0.4, 0.5) is 0 Å². The molecule has 2 nitrogen and oxygen atoms in total. The molecule has 0 amide bonds. The van der Waals surface area contributed by atoms with Crippen LogP contribution in [0.2, 0.25) is 0 Å². The Labute approximate surface area is 289 Å². The van der Waals surface area contributed by atoms with Gasteiger partial charge in [0.2, 0.25) is 0 Å². The van der Waals surface area contributed by atoms with Crippen molar-refractivity contribution in [2.75, 3.05) is 0 Å². The Balaban J connectivity index is 1.49. The standard InChI is InChI=1S/C42H42Br2N2/c1-23(2)27-9-13-37-31(17-27)32-18-28(24(3)4)10-14-38(32)45(37)41-21-36(44)42(22-35(41)43)46-39-15-11-29(25(5)6)19-33(39)34-20-30(26(7)8)12-16-40(34)46/h9-26H,1-8H3. The van der Waals surface area contributed by atoms with Crippen molar-refractivity contribution in [3.63, 3.8) is 0 Å². The fourth-order valence-electron chi connectivity index (χ4n) is 6.94. The Morgan fingerprint density at radius 3 is 0.826 bits per heavy atom. The molecule has 0 spiro atoms. The molecule has 0 N–H and O–H groups in total. The van der Waals surface area contributed by atoms with Crippen LogP contribution in [0.3, 0.4) is 0 Å². The summed E-state index contributed by atoms with van der Waals surface area (Å²) in [6.07, 6.45) is 0. The Hall–Kier alpha value is -3.34. The summed E-state index contributed by atoms with van der Waals surface area (Å²) in [7, 11) is 0. The third-order valence-electron chi connectivity index (χ3n) is 9.79. The Morgan fingerprint density at radius 2 is 0.609 bits per heavy atom. The summed E-state index contributed by atoms with van der Waals surface area (Å²) in [5, 5.41) is 5.22. The molecule has 2 aromatic heterocycles. The molecule has 0 aliphatic carbocycles. The number of aromatic nitrogens is 2. The van der Waals surface area contributed by atoms with Crippen LogP contribution in [-0.4, -0.2) is 9.13 Å². The van der Waals surface area contributed by atoms with Gasteiger partial charge in [-0.2, -0.15) is 0 Å². The predicted octanol–water partition coefficient (Wildman–Crippen LogP) is 13.9. The van der Waals surface area contributed by atoms with Crippen molar-refractivity contribution in [2.24, 2.45) is 0 Å². The number of nitrogens with zero attached hydrogens (tertiary/aromatic N) is 2. The number of hydrogen-bond donors (Lipinski definition) is 0. The van der Waals surface area contributed by atoms with E-state index in [1.165, 1.54) is 65.9 Å². The van der Waals surface area contributed by atoms with Gasteiger partial charge in [0, 0.05) is 30.5 Å². The van der Waals surface area contributed by atoms with Crippen molar-refractivity contribution in [2.45, 2.75) is 79.1 Å². The van der Waals surface area contributed by atoms with Gasteiger partial charge in [-0.3, -0.25) is 0 Å². The molecule has 7 rings (SSSR count). The highest BCUT2D eigenvalue weighted by Gasteiger charge is 2.21. The molecule has 5 aromatic carbocycles. The largest absolute Gasteiger partial charge is 0.308 e. The number of benzene rings is 5. The molecule has 0 fully saturated rings. The highest BCUT2D eigenvalue weighted by molar-refractivity contribution is 9.11. The van der Waals surface area contributed by atoms with E-state index in [9.17, 15) is 0 Å². The minimum absolute atomic E-state index is 0.468. The van der Waals surface area contributed by atoms with Crippen molar-refractivity contribution in [1.29, 1.82) is 0 Å². The van der Waals surface area contributed by atoms with Crippen LogP contribution in [0.25, 0.3) is 55.0 Å². The number of fused-ring (bicyclic) bond motifs is 6. The summed E-state index contributed by atoms with van der Waals surface area (Å²) >= 11 is 8.14. The highest BCUT2D eigenvalue weighted by atomic mass is 79.9. The fraction of sp³-hybridized carbons (Fsp3) is 0.286. The topological polar surface area (TPSA) is 9.86 Å². The molecule has 0 unspecified atom stereocenters. The van der Waals surface area contributed by atoms with E-state index in [0.29, 0.717) is 23.7 Å². The minimum Gasteiger partial charge on any atom is -0.308 e. The molecule has 2 heterocycles. The molecule has 4 heteroatoms. The molecular formula is C42H42Br2N2. The maximum absolute atomic E-state index is 4.07. The van der Waals surface area contributed by atoms with Crippen LogP contribution >= 0.6 is 31.9 Å². The van der Waals surface area contributed by atoms with Gasteiger partial charge in [0.25, 0.3) is 0 Å². The lowest BCUT2D eigenvalue weighted by Gasteiger charge is -2.17. The lowest BCUT2D eigenvalue weighted by molar-refractivity contribution is 0.868. The molecule has 0 bridgehead atoms. The Morgan fingerprint density at radius 1 is 0.370 bits per heavy atom. The zero-order chi connectivity index (χ0) is 32.6. The van der Waals surface area contributed by atoms with Crippen LogP contribution in [0.1, 0.15) is 101 Å². The lowest BCUT2D eigenvalue weighted by Crippen LogP contribution is -2.01. The third-order valence-corrected chi connectivity index (χ3v) is 11.1. The Kier molecular flexibility index (Phi) is 7.97. The summed E-state index contributed by atoms with van der Waals surface area (Å²) < 4.78 is 6.95. The third kappa shape index (κ3) is 5.04. The molecule has 7 aromatic rings. The zero-order valence-corrected chi connectivity index (χ0v) is 31.2. The second kappa shape index (κ2) is 11.7. The second-order valence-corrected chi connectivity index (χ2v) is 15.9. The van der Waals surface area contributed by atoms with Gasteiger partial charge in [-0.25, -0.2) is 0 Å². The summed E-state index contributed by atoms with van der Waals surface area (Å²) in [5.74, 6) is 1.87. The molecule has 0 saturated heterocycles. The first-order valence-electron chi connectivity index (χ1n) is 16.6. The van der Waals surface area contributed by atoms with E-state index < -0.39 is 0 Å². The van der Waals surface area contributed by atoms with E-state index in [2.05, 4.69) is 181 Å². The predicted molar refractivity (Wildman–Crippen MR) is 207 cm³/mol. The van der Waals surface area contributed by atoms with Crippen LogP contribution in [0.5, 0.6) is 0 Å². The van der Waals surface area contributed by atoms with Crippen molar-refractivity contribution < 1.29 is 0 Å². The average Bonchev–Trinajstić information content (AvgIpc) is 3.52. The maximum atomic E-state index is 4.07. The molecule has 0 radical (unpaired) electrons. The quantitative estimate of drug-likeness (QED) is 0.161. The van der Waals surface area contributed by atoms with Crippen LogP contribution in [0, 0.1) is 0 Å². The van der Waals surface area contributed by atoms with Gasteiger partial charge in [-0.05, 0) is 138 Å². The molecule has 0 aliphatic rings. The Bertz CT molecular complexity index is 2000. The van der Waals surface area contributed by atoms with E-state index in [4.69, 9.17) is 0 Å². The SMILES string of the molecule is CC(C)c1ccc2c(c1)c1cc(C(C)C)ccc1n2-c1cc(Br)c(-n2c3ccc(C(C)C)cc3c3cc(C(C)C)ccc32)cc1Br. The number of hydrogen-bond acceptors (Lipinski definition) is 0. The normalized spacial score (nSPS) is 12.5. The van der Waals surface area contributed by atoms with E-state index in [1.54, 1.807) is 0 Å². The van der Waals surface area contributed by atoms with Crippen LogP contribution in [-0.2, 0) is 0 Å². The van der Waals surface area contributed by atoms with E-state index in [1.807, 2.05) is 0 Å². The maximum Gasteiger partial charge on any atom is 0.0617 e. The van der Waals surface area contributed by atoms with Crippen LogP contribution in [0.15, 0.2) is 93.9 Å². The van der Waals surface area contributed by atoms with Gasteiger partial charge in [0.15, 0.2) is 0 Å². The first kappa shape index (κ1) is 31.3. The summed E-state index contributed by atoms with van der Waals surface area (Å²) in [6.45, 7) is 18.2. The van der Waals surface area contributed by atoms with Crippen molar-refractivity contribution in [3.05, 3.63) is 116 Å². The van der Waals surface area contributed by atoms with Gasteiger partial charge < -0.3 is 9.13 Å². The summed E-state index contributed by atoms with van der Waals surface area (Å²) in [5.41, 5.74) is 12.6. The van der Waals surface area contributed by atoms with Crippen molar-refractivity contribution in [1.82, 2.24) is 9.13 Å². The molecule has 46 heavy (non-hydrogen) atoms. The monoisotopic (exact) mass is 732 g/mol. The first-order valence-corrected chi connectivity index (χ1v) is 18.2. The van der Waals surface area contributed by atoms with E-state index >= 15 is 0 Å². The average molecular weight is 735 g/mol. The van der Waals surface area contributed by atoms with Gasteiger partial charge in [0.05, 0.1) is 33.4 Å². The minimum atomic E-state index is 0.468. The molecule has 0 saturated carbocycles. The molecular weight excluding hydrogens is 692 g/mol. The zero-order valence-electron chi connectivity index (χ0n) is 28.0. The van der Waals surface area contributed by atoms with Crippen molar-refractivity contribution in [3.8, 4) is 11.4 Å². The smallest absolute Gasteiger partial charge is 0.0617 e. The summed E-state index contributed by atoms with van der Waals surface area (Å²) in [4.78, 5) is 0. The van der Waals surface area contributed by atoms with Crippen molar-refractivity contribution >= 4 is 75.5 Å². The van der Waals surface area contributed by atoms with Crippen LogP contribution < -0.4 is 0 Å². The molecule has 234 valence electrons.